The number of halogens is 4. The lowest BCUT2D eigenvalue weighted by Gasteiger charge is -2.16. The number of rotatable bonds is 4. The Kier molecular flexibility index (Phi) is 7.13. The van der Waals surface area contributed by atoms with Gasteiger partial charge in [0.1, 0.15) is 5.82 Å². The minimum atomic E-state index is -2.03. The van der Waals surface area contributed by atoms with Gasteiger partial charge in [0.15, 0.2) is 0 Å². The van der Waals surface area contributed by atoms with Crippen LogP contribution in [-0.4, -0.2) is 18.7 Å². The van der Waals surface area contributed by atoms with Crippen LogP contribution >= 0.6 is 24.0 Å². The number of esters is 1. The summed E-state index contributed by atoms with van der Waals surface area (Å²) in [5.41, 5.74) is 5.65. The lowest BCUT2D eigenvalue weighted by molar-refractivity contribution is -0.149. The summed E-state index contributed by atoms with van der Waals surface area (Å²) in [5, 5.41) is -0.0903. The van der Waals surface area contributed by atoms with E-state index in [2.05, 4.69) is 4.74 Å². The third kappa shape index (κ3) is 4.08. The number of carbonyl (C=O) groups excluding carboxylic acids is 1. The van der Waals surface area contributed by atoms with Crippen molar-refractivity contribution < 1.29 is 18.3 Å². The predicted octanol–water partition coefficient (Wildman–Crippen LogP) is 2.80. The molecule has 3 nitrogen and oxygen atoms in total. The Morgan fingerprint density at radius 3 is 2.67 bits per heavy atom. The van der Waals surface area contributed by atoms with Crippen LogP contribution in [0.3, 0.4) is 0 Å². The van der Waals surface area contributed by atoms with Gasteiger partial charge in [0, 0.05) is 0 Å². The Hall–Kier alpha value is -0.910. The molecule has 0 aliphatic rings. The second-order valence-electron chi connectivity index (χ2n) is 3.35. The fraction of sp³-hybridized carbons (Fsp3) is 0.364. The van der Waals surface area contributed by atoms with Crippen LogP contribution in [0.15, 0.2) is 18.2 Å². The zero-order valence-corrected chi connectivity index (χ0v) is 11.1. The number of hydrogen-bond acceptors (Lipinski definition) is 3. The van der Waals surface area contributed by atoms with Gasteiger partial charge >= 0.3 is 5.97 Å². The summed E-state index contributed by atoms with van der Waals surface area (Å²) < 4.78 is 31.2. The molecule has 0 amide bonds. The largest absolute Gasteiger partial charge is 0.464 e. The van der Waals surface area contributed by atoms with Gasteiger partial charge in [-0.25, -0.2) is 13.6 Å². The molecule has 0 aliphatic heterocycles. The van der Waals surface area contributed by atoms with Gasteiger partial charge in [0.25, 0.3) is 0 Å². The van der Waals surface area contributed by atoms with Crippen molar-refractivity contribution in [2.45, 2.75) is 19.1 Å². The summed E-state index contributed by atoms with van der Waals surface area (Å²) in [5.74, 6) is -1.77. The Balaban J connectivity index is 0.00000289. The highest BCUT2D eigenvalue weighted by molar-refractivity contribution is 6.30. The smallest absolute Gasteiger partial charge is 0.342 e. The van der Waals surface area contributed by atoms with Crippen molar-refractivity contribution in [1.29, 1.82) is 0 Å². The number of hydrogen-bond donors (Lipinski definition) is 1. The van der Waals surface area contributed by atoms with Crippen LogP contribution in [0.25, 0.3) is 0 Å². The van der Waals surface area contributed by atoms with E-state index in [0.29, 0.717) is 0 Å². The monoisotopic (exact) mass is 299 g/mol. The maximum atomic E-state index is 13.5. The summed E-state index contributed by atoms with van der Waals surface area (Å²) in [4.78, 5) is 11.1. The topological polar surface area (TPSA) is 52.3 Å². The van der Waals surface area contributed by atoms with Gasteiger partial charge in [-0.1, -0.05) is 17.7 Å². The molecule has 1 aromatic rings. The van der Waals surface area contributed by atoms with Crippen molar-refractivity contribution in [1.82, 2.24) is 0 Å². The highest BCUT2D eigenvalue weighted by atomic mass is 35.5. The Labute approximate surface area is 115 Å². The third-order valence-corrected chi connectivity index (χ3v) is 2.46. The highest BCUT2D eigenvalue weighted by Gasteiger charge is 2.28. The molecule has 18 heavy (non-hydrogen) atoms. The van der Waals surface area contributed by atoms with Gasteiger partial charge in [-0.3, -0.25) is 0 Å². The predicted molar refractivity (Wildman–Crippen MR) is 67.1 cm³/mol. The number of nitrogens with two attached hydrogens (primary N) is 1. The van der Waals surface area contributed by atoms with Crippen LogP contribution in [0.4, 0.5) is 8.78 Å². The molecule has 0 aromatic heterocycles. The average molecular weight is 300 g/mol. The zero-order chi connectivity index (χ0) is 13.0. The molecule has 1 rings (SSSR count). The second kappa shape index (κ2) is 7.51. The maximum absolute atomic E-state index is 13.5. The van der Waals surface area contributed by atoms with E-state index in [1.54, 1.807) is 6.92 Å². The van der Waals surface area contributed by atoms with E-state index < -0.39 is 24.0 Å². The molecule has 1 aromatic carbocycles. The number of ether oxygens (including phenoxy) is 1. The molecule has 102 valence electrons. The van der Waals surface area contributed by atoms with Gasteiger partial charge in [0.05, 0.1) is 17.7 Å². The summed E-state index contributed by atoms with van der Waals surface area (Å²) in [6.45, 7) is 1.61. The first-order valence-corrected chi connectivity index (χ1v) is 5.36. The SMILES string of the molecule is CCOC(=O)C(F)[C@H](N)c1ccc(Cl)c(F)c1.Cl. The standard InChI is InChI=1S/C11H12ClF2NO2.ClH/c1-2-17-11(16)9(14)10(15)6-3-4-7(12)8(13)5-6;/h3-5,9-10H,2,15H2,1H3;1H/t9?,10-;/m1./s1. The van der Waals surface area contributed by atoms with E-state index in [0.717, 1.165) is 6.07 Å². The Morgan fingerprint density at radius 2 is 2.17 bits per heavy atom. The van der Waals surface area contributed by atoms with E-state index in [4.69, 9.17) is 17.3 Å². The average Bonchev–Trinajstić information content (AvgIpc) is 2.31. The van der Waals surface area contributed by atoms with Crippen LogP contribution in [0.5, 0.6) is 0 Å². The summed E-state index contributed by atoms with van der Waals surface area (Å²) in [7, 11) is 0. The minimum Gasteiger partial charge on any atom is -0.464 e. The Morgan fingerprint density at radius 1 is 1.56 bits per heavy atom. The van der Waals surface area contributed by atoms with Gasteiger partial charge in [-0.2, -0.15) is 0 Å². The lowest BCUT2D eigenvalue weighted by Crippen LogP contribution is -2.31. The van der Waals surface area contributed by atoms with Gasteiger partial charge in [0.2, 0.25) is 6.17 Å². The summed E-state index contributed by atoms with van der Waals surface area (Å²) in [6, 6.07) is 2.34. The molecule has 0 saturated carbocycles. The first-order chi connectivity index (χ1) is 7.97. The lowest BCUT2D eigenvalue weighted by atomic mass is 10.0. The fourth-order valence-corrected chi connectivity index (χ4v) is 1.37. The molecule has 1 unspecified atom stereocenters. The molecule has 0 bridgehead atoms. The van der Waals surface area contributed by atoms with Crippen LogP contribution < -0.4 is 5.73 Å². The van der Waals surface area contributed by atoms with E-state index in [-0.39, 0.29) is 29.6 Å². The molecule has 0 saturated heterocycles. The van der Waals surface area contributed by atoms with Crippen molar-refractivity contribution in [2.24, 2.45) is 5.73 Å². The number of alkyl halides is 1. The zero-order valence-electron chi connectivity index (χ0n) is 9.53. The molecule has 0 aliphatic carbocycles. The molecular formula is C11H13Cl2F2NO2. The molecule has 0 radical (unpaired) electrons. The highest BCUT2D eigenvalue weighted by Crippen LogP contribution is 2.22. The van der Waals surface area contributed by atoms with Gasteiger partial charge in [-0.05, 0) is 24.6 Å². The molecule has 7 heteroatoms. The Bertz CT molecular complexity index is 418. The van der Waals surface area contributed by atoms with Crippen molar-refractivity contribution >= 4 is 30.0 Å². The molecule has 0 spiro atoms. The van der Waals surface area contributed by atoms with E-state index >= 15 is 0 Å². The first-order valence-electron chi connectivity index (χ1n) is 4.98. The van der Waals surface area contributed by atoms with Crippen LogP contribution in [0.2, 0.25) is 5.02 Å². The molecule has 2 N–H and O–H groups in total. The van der Waals surface area contributed by atoms with Gasteiger partial charge < -0.3 is 10.5 Å². The van der Waals surface area contributed by atoms with E-state index in [1.807, 2.05) is 0 Å². The molecule has 0 fully saturated rings. The minimum absolute atomic E-state index is 0. The van der Waals surface area contributed by atoms with Crippen molar-refractivity contribution in [3.05, 3.63) is 34.6 Å². The van der Waals surface area contributed by atoms with Crippen LogP contribution in [0, 0.1) is 5.82 Å². The van der Waals surface area contributed by atoms with Crippen LogP contribution in [-0.2, 0) is 9.53 Å². The van der Waals surface area contributed by atoms with Crippen molar-refractivity contribution in [3.63, 3.8) is 0 Å². The normalized spacial score (nSPS) is 13.4. The van der Waals surface area contributed by atoms with Gasteiger partial charge in [-0.15, -0.1) is 12.4 Å². The van der Waals surface area contributed by atoms with Crippen LogP contribution in [0.1, 0.15) is 18.5 Å². The van der Waals surface area contributed by atoms with E-state index in [9.17, 15) is 13.6 Å². The summed E-state index contributed by atoms with van der Waals surface area (Å²) in [6.07, 6.45) is -2.03. The van der Waals surface area contributed by atoms with Crippen molar-refractivity contribution in [3.8, 4) is 0 Å². The maximum Gasteiger partial charge on any atom is 0.342 e. The second-order valence-corrected chi connectivity index (χ2v) is 3.76. The quantitative estimate of drug-likeness (QED) is 0.870. The van der Waals surface area contributed by atoms with Crippen molar-refractivity contribution in [2.75, 3.05) is 6.61 Å². The first kappa shape index (κ1) is 17.1. The molecule has 0 heterocycles. The number of benzene rings is 1. The third-order valence-electron chi connectivity index (χ3n) is 2.16. The van der Waals surface area contributed by atoms with E-state index in [1.165, 1.54) is 12.1 Å². The fourth-order valence-electron chi connectivity index (χ4n) is 1.26. The number of carbonyl (C=O) groups is 1. The molecular weight excluding hydrogens is 287 g/mol. The summed E-state index contributed by atoms with van der Waals surface area (Å²) >= 11 is 5.48. The molecule has 2 atom stereocenters.